The standard InChI is InChI=1S/C10H8F4O2/c1-2-8(15)7-4-3-6(11)5-9(7)16-10(12,13)14/h3-5H,2H2,1H3. The van der Waals surface area contributed by atoms with Crippen LogP contribution in [0.5, 0.6) is 5.75 Å². The van der Waals surface area contributed by atoms with E-state index < -0.39 is 23.7 Å². The molecule has 88 valence electrons. The summed E-state index contributed by atoms with van der Waals surface area (Å²) >= 11 is 0. The molecule has 0 aromatic heterocycles. The van der Waals surface area contributed by atoms with E-state index in [-0.39, 0.29) is 12.0 Å². The third-order valence-corrected chi connectivity index (χ3v) is 1.79. The van der Waals surface area contributed by atoms with Crippen LogP contribution in [0.25, 0.3) is 0 Å². The lowest BCUT2D eigenvalue weighted by Gasteiger charge is -2.12. The molecule has 1 aromatic rings. The second kappa shape index (κ2) is 4.51. The summed E-state index contributed by atoms with van der Waals surface area (Å²) < 4.78 is 52.2. The quantitative estimate of drug-likeness (QED) is 0.594. The largest absolute Gasteiger partial charge is 0.573 e. The van der Waals surface area contributed by atoms with Gasteiger partial charge in [0.15, 0.2) is 5.78 Å². The van der Waals surface area contributed by atoms with Gasteiger partial charge in [0.2, 0.25) is 0 Å². The summed E-state index contributed by atoms with van der Waals surface area (Å²) in [5, 5.41) is 0. The minimum absolute atomic E-state index is 0.0137. The Balaban J connectivity index is 3.13. The van der Waals surface area contributed by atoms with E-state index in [1.807, 2.05) is 0 Å². The number of ether oxygens (including phenoxy) is 1. The molecule has 0 N–H and O–H groups in total. The molecule has 0 saturated heterocycles. The topological polar surface area (TPSA) is 26.3 Å². The zero-order valence-corrected chi connectivity index (χ0v) is 8.27. The van der Waals surface area contributed by atoms with Gasteiger partial charge in [-0.2, -0.15) is 0 Å². The van der Waals surface area contributed by atoms with Gasteiger partial charge in [-0.15, -0.1) is 13.2 Å². The van der Waals surface area contributed by atoms with Crippen LogP contribution in [0.4, 0.5) is 17.6 Å². The van der Waals surface area contributed by atoms with Gasteiger partial charge in [0.25, 0.3) is 0 Å². The van der Waals surface area contributed by atoms with Crippen molar-refractivity contribution in [2.24, 2.45) is 0 Å². The van der Waals surface area contributed by atoms with Gasteiger partial charge >= 0.3 is 6.36 Å². The van der Waals surface area contributed by atoms with Gasteiger partial charge in [0, 0.05) is 12.5 Å². The van der Waals surface area contributed by atoms with Crippen molar-refractivity contribution in [2.45, 2.75) is 19.7 Å². The maximum Gasteiger partial charge on any atom is 0.573 e. The van der Waals surface area contributed by atoms with Crippen molar-refractivity contribution in [3.05, 3.63) is 29.6 Å². The molecule has 0 bridgehead atoms. The molecular formula is C10H8F4O2. The molecule has 0 aliphatic carbocycles. The number of carbonyl (C=O) groups is 1. The highest BCUT2D eigenvalue weighted by atomic mass is 19.4. The zero-order valence-electron chi connectivity index (χ0n) is 8.27. The first-order valence-corrected chi connectivity index (χ1v) is 4.42. The molecule has 0 amide bonds. The lowest BCUT2D eigenvalue weighted by Crippen LogP contribution is -2.19. The number of halogens is 4. The van der Waals surface area contributed by atoms with E-state index in [2.05, 4.69) is 4.74 Å². The molecule has 0 unspecified atom stereocenters. The van der Waals surface area contributed by atoms with Crippen LogP contribution in [0.2, 0.25) is 0 Å². The minimum atomic E-state index is -4.95. The van der Waals surface area contributed by atoms with Crippen molar-refractivity contribution in [1.29, 1.82) is 0 Å². The molecular weight excluding hydrogens is 228 g/mol. The van der Waals surface area contributed by atoms with Crippen LogP contribution in [-0.2, 0) is 0 Å². The van der Waals surface area contributed by atoms with Crippen molar-refractivity contribution in [1.82, 2.24) is 0 Å². The van der Waals surface area contributed by atoms with E-state index in [1.54, 1.807) is 0 Å². The van der Waals surface area contributed by atoms with E-state index in [0.29, 0.717) is 6.07 Å². The normalized spacial score (nSPS) is 11.3. The Morgan fingerprint density at radius 1 is 1.38 bits per heavy atom. The second-order valence-electron chi connectivity index (χ2n) is 2.97. The Labute approximate surface area is 88.8 Å². The Hall–Kier alpha value is -1.59. The Bertz CT molecular complexity index is 398. The predicted octanol–water partition coefficient (Wildman–Crippen LogP) is 3.32. The number of ketones is 1. The number of Topliss-reactive ketones (excluding diaryl/α,β-unsaturated/α-hetero) is 1. The monoisotopic (exact) mass is 236 g/mol. The predicted molar refractivity (Wildman–Crippen MR) is 47.7 cm³/mol. The highest BCUT2D eigenvalue weighted by molar-refractivity contribution is 5.98. The molecule has 0 heterocycles. The molecule has 2 nitrogen and oxygen atoms in total. The van der Waals surface area contributed by atoms with Crippen LogP contribution in [0, 0.1) is 5.82 Å². The molecule has 16 heavy (non-hydrogen) atoms. The van der Waals surface area contributed by atoms with Crippen LogP contribution in [0.3, 0.4) is 0 Å². The molecule has 0 radical (unpaired) electrons. The highest BCUT2D eigenvalue weighted by Crippen LogP contribution is 2.28. The van der Waals surface area contributed by atoms with Gasteiger partial charge in [-0.1, -0.05) is 6.92 Å². The van der Waals surface area contributed by atoms with Crippen LogP contribution in [0.1, 0.15) is 23.7 Å². The van der Waals surface area contributed by atoms with E-state index >= 15 is 0 Å². The van der Waals surface area contributed by atoms with Crippen molar-refractivity contribution < 1.29 is 27.1 Å². The first kappa shape index (κ1) is 12.5. The average molecular weight is 236 g/mol. The smallest absolute Gasteiger partial charge is 0.405 e. The molecule has 6 heteroatoms. The first-order valence-electron chi connectivity index (χ1n) is 4.42. The summed E-state index contributed by atoms with van der Waals surface area (Å²) in [5.41, 5.74) is -0.277. The number of hydrogen-bond donors (Lipinski definition) is 0. The third kappa shape index (κ3) is 3.22. The lowest BCUT2D eigenvalue weighted by atomic mass is 10.1. The Morgan fingerprint density at radius 3 is 2.50 bits per heavy atom. The number of carbonyl (C=O) groups excluding carboxylic acids is 1. The van der Waals surface area contributed by atoms with E-state index in [9.17, 15) is 22.4 Å². The summed E-state index contributed by atoms with van der Waals surface area (Å²) in [5.74, 6) is -2.24. The van der Waals surface area contributed by atoms with Crippen LogP contribution in [0.15, 0.2) is 18.2 Å². The van der Waals surface area contributed by atoms with Gasteiger partial charge in [0.1, 0.15) is 11.6 Å². The first-order chi connectivity index (χ1) is 7.33. The number of alkyl halides is 3. The van der Waals surface area contributed by atoms with Gasteiger partial charge in [-0.25, -0.2) is 4.39 Å². The molecule has 0 fully saturated rings. The van der Waals surface area contributed by atoms with Gasteiger partial charge in [0.05, 0.1) is 5.56 Å². The third-order valence-electron chi connectivity index (χ3n) is 1.79. The Morgan fingerprint density at radius 2 is 2.00 bits per heavy atom. The zero-order chi connectivity index (χ0) is 12.3. The van der Waals surface area contributed by atoms with Crippen LogP contribution in [-0.4, -0.2) is 12.1 Å². The molecule has 1 rings (SSSR count). The number of rotatable bonds is 3. The van der Waals surface area contributed by atoms with E-state index in [4.69, 9.17) is 0 Å². The summed E-state index contributed by atoms with van der Waals surface area (Å²) in [6.07, 6.45) is -4.93. The van der Waals surface area contributed by atoms with Crippen LogP contribution >= 0.6 is 0 Å². The van der Waals surface area contributed by atoms with Crippen molar-refractivity contribution in [3.63, 3.8) is 0 Å². The maximum atomic E-state index is 12.7. The SMILES string of the molecule is CCC(=O)c1ccc(F)cc1OC(F)(F)F. The van der Waals surface area contributed by atoms with Gasteiger partial charge < -0.3 is 4.74 Å². The number of hydrogen-bond acceptors (Lipinski definition) is 2. The molecule has 0 aliphatic heterocycles. The fourth-order valence-electron chi connectivity index (χ4n) is 1.13. The minimum Gasteiger partial charge on any atom is -0.405 e. The highest BCUT2D eigenvalue weighted by Gasteiger charge is 2.32. The molecule has 0 saturated carbocycles. The number of benzene rings is 1. The van der Waals surface area contributed by atoms with Gasteiger partial charge in [-0.3, -0.25) is 4.79 Å². The summed E-state index contributed by atoms with van der Waals surface area (Å²) in [7, 11) is 0. The van der Waals surface area contributed by atoms with Crippen molar-refractivity contribution in [3.8, 4) is 5.75 Å². The second-order valence-corrected chi connectivity index (χ2v) is 2.97. The molecule has 1 aromatic carbocycles. The van der Waals surface area contributed by atoms with Gasteiger partial charge in [-0.05, 0) is 12.1 Å². The fourth-order valence-corrected chi connectivity index (χ4v) is 1.13. The lowest BCUT2D eigenvalue weighted by molar-refractivity contribution is -0.274. The average Bonchev–Trinajstić information content (AvgIpc) is 2.14. The fraction of sp³-hybridized carbons (Fsp3) is 0.300. The van der Waals surface area contributed by atoms with Crippen molar-refractivity contribution >= 4 is 5.78 Å². The van der Waals surface area contributed by atoms with Crippen LogP contribution < -0.4 is 4.74 Å². The molecule has 0 aliphatic rings. The molecule has 0 spiro atoms. The van der Waals surface area contributed by atoms with E-state index in [0.717, 1.165) is 12.1 Å². The molecule has 0 atom stereocenters. The summed E-state index contributed by atoms with van der Waals surface area (Å²) in [4.78, 5) is 11.3. The summed E-state index contributed by atoms with van der Waals surface area (Å²) in [6.45, 7) is 1.49. The maximum absolute atomic E-state index is 12.7. The van der Waals surface area contributed by atoms with E-state index in [1.165, 1.54) is 6.92 Å². The van der Waals surface area contributed by atoms with Crippen molar-refractivity contribution in [2.75, 3.05) is 0 Å². The Kier molecular flexibility index (Phi) is 3.51. The summed E-state index contributed by atoms with van der Waals surface area (Å²) in [6, 6.07) is 2.42.